The maximum atomic E-state index is 11.5. The molecule has 0 unspecified atom stereocenters. The van der Waals surface area contributed by atoms with Crippen LogP contribution in [0.15, 0.2) is 36.5 Å². The zero-order valence-electron chi connectivity index (χ0n) is 16.6. The lowest BCUT2D eigenvalue weighted by Crippen LogP contribution is -2.15. The Morgan fingerprint density at radius 2 is 2.07 bits per heavy atom. The number of nitrogens with zero attached hydrogens (tertiary/aromatic N) is 6. The summed E-state index contributed by atoms with van der Waals surface area (Å²) in [5, 5.41) is 8.31. The van der Waals surface area contributed by atoms with E-state index in [0.717, 1.165) is 28.3 Å². The Balaban J connectivity index is 1.59. The van der Waals surface area contributed by atoms with Crippen molar-refractivity contribution < 1.29 is 4.79 Å². The average molecular weight is 399 g/mol. The molecule has 150 valence electrons. The van der Waals surface area contributed by atoms with Gasteiger partial charge in [0.05, 0.1) is 17.8 Å². The van der Waals surface area contributed by atoms with Crippen molar-refractivity contribution in [1.82, 2.24) is 29.1 Å². The van der Waals surface area contributed by atoms with Gasteiger partial charge in [-0.3, -0.25) is 14.2 Å². The second kappa shape index (κ2) is 6.22. The van der Waals surface area contributed by atoms with E-state index in [1.807, 2.05) is 47.9 Å². The number of rotatable bonds is 4. The topological polar surface area (TPSA) is 104 Å². The SMILES string of the molecule is Cc1cccc(-c2nc3n(c2-c2ccc4nnc(CC(N)=O)n4c2)[C@@H]2CC[C@H]3C2)n1. The van der Waals surface area contributed by atoms with Crippen molar-refractivity contribution in [2.24, 2.45) is 5.73 Å². The molecule has 4 aromatic heterocycles. The van der Waals surface area contributed by atoms with Crippen molar-refractivity contribution >= 4 is 11.6 Å². The molecule has 8 heteroatoms. The van der Waals surface area contributed by atoms with E-state index >= 15 is 0 Å². The first-order chi connectivity index (χ1) is 14.6. The molecule has 1 amide bonds. The number of amides is 1. The second-order valence-electron chi connectivity index (χ2n) is 8.27. The summed E-state index contributed by atoms with van der Waals surface area (Å²) in [6.45, 7) is 2.00. The Morgan fingerprint density at radius 1 is 1.17 bits per heavy atom. The molecule has 0 saturated heterocycles. The molecule has 0 radical (unpaired) electrons. The Kier molecular flexibility index (Phi) is 3.59. The number of aryl methyl sites for hydroxylation is 1. The van der Waals surface area contributed by atoms with Crippen molar-refractivity contribution in [1.29, 1.82) is 0 Å². The van der Waals surface area contributed by atoms with E-state index in [-0.39, 0.29) is 6.42 Å². The highest BCUT2D eigenvalue weighted by molar-refractivity contribution is 5.79. The van der Waals surface area contributed by atoms with Gasteiger partial charge in [0.25, 0.3) is 0 Å². The molecular formula is C22H21N7O. The van der Waals surface area contributed by atoms with Gasteiger partial charge in [0.1, 0.15) is 17.3 Å². The monoisotopic (exact) mass is 399 g/mol. The summed E-state index contributed by atoms with van der Waals surface area (Å²) < 4.78 is 4.26. The third-order valence-corrected chi connectivity index (χ3v) is 6.28. The number of primary amides is 1. The smallest absolute Gasteiger partial charge is 0.225 e. The Hall–Kier alpha value is -3.55. The number of carbonyl (C=O) groups is 1. The van der Waals surface area contributed by atoms with E-state index in [1.165, 1.54) is 25.1 Å². The number of imidazole rings is 1. The molecule has 4 aromatic rings. The van der Waals surface area contributed by atoms with Gasteiger partial charge in [-0.15, -0.1) is 10.2 Å². The zero-order chi connectivity index (χ0) is 20.4. The summed E-state index contributed by atoms with van der Waals surface area (Å²) in [6.07, 6.45) is 5.59. The van der Waals surface area contributed by atoms with Crippen molar-refractivity contribution in [3.63, 3.8) is 0 Å². The minimum absolute atomic E-state index is 0.0477. The zero-order valence-corrected chi connectivity index (χ0v) is 16.6. The van der Waals surface area contributed by atoms with E-state index in [1.54, 1.807) is 0 Å². The third-order valence-electron chi connectivity index (χ3n) is 6.28. The number of fused-ring (bicyclic) bond motifs is 6. The first-order valence-corrected chi connectivity index (χ1v) is 10.3. The lowest BCUT2D eigenvalue weighted by Gasteiger charge is -2.17. The summed E-state index contributed by atoms with van der Waals surface area (Å²) in [7, 11) is 0. The van der Waals surface area contributed by atoms with Crippen molar-refractivity contribution in [2.75, 3.05) is 0 Å². The van der Waals surface area contributed by atoms with E-state index < -0.39 is 5.91 Å². The predicted octanol–water partition coefficient (Wildman–Crippen LogP) is 2.81. The molecule has 8 nitrogen and oxygen atoms in total. The highest BCUT2D eigenvalue weighted by atomic mass is 16.1. The summed E-state index contributed by atoms with van der Waals surface area (Å²) in [5.74, 6) is 1.80. The molecule has 1 fully saturated rings. The van der Waals surface area contributed by atoms with Gasteiger partial charge in [0.2, 0.25) is 5.91 Å². The molecule has 0 spiro atoms. The Bertz CT molecular complexity index is 1320. The van der Waals surface area contributed by atoms with Crippen molar-refractivity contribution in [3.8, 4) is 22.6 Å². The standard InChI is InChI=1S/C22H21N7O/c1-12-3-2-4-16(24-12)20-21(29-15-7-5-13(9-15)22(29)25-20)14-6-8-18-26-27-19(10-17(23)30)28(18)11-14/h2-4,6,8,11,13,15H,5,7,9-10H2,1H3,(H2,23,30)/t13-,15+/m0/s1. The molecule has 1 saturated carbocycles. The van der Waals surface area contributed by atoms with E-state index in [9.17, 15) is 4.79 Å². The van der Waals surface area contributed by atoms with Crippen molar-refractivity contribution in [2.45, 2.75) is 44.6 Å². The first-order valence-electron chi connectivity index (χ1n) is 10.3. The first kappa shape index (κ1) is 17.3. The fraction of sp³-hybridized carbons (Fsp3) is 0.318. The summed E-state index contributed by atoms with van der Waals surface area (Å²) in [6, 6.07) is 10.5. The molecule has 2 N–H and O–H groups in total. The van der Waals surface area contributed by atoms with Crippen LogP contribution in [0.4, 0.5) is 0 Å². The average Bonchev–Trinajstić information content (AvgIpc) is 3.48. The second-order valence-corrected chi connectivity index (χ2v) is 8.27. The fourth-order valence-corrected chi connectivity index (χ4v) is 5.02. The molecule has 30 heavy (non-hydrogen) atoms. The van der Waals surface area contributed by atoms with Gasteiger partial charge in [-0.05, 0) is 50.5 Å². The quantitative estimate of drug-likeness (QED) is 0.568. The van der Waals surface area contributed by atoms with Crippen LogP contribution in [0.25, 0.3) is 28.3 Å². The van der Waals surface area contributed by atoms with Crippen LogP contribution in [0.1, 0.15) is 48.6 Å². The maximum absolute atomic E-state index is 11.5. The number of hydrogen-bond acceptors (Lipinski definition) is 5. The van der Waals surface area contributed by atoms with Gasteiger partial charge in [0, 0.05) is 29.4 Å². The van der Waals surface area contributed by atoms with Crippen LogP contribution in [-0.2, 0) is 11.2 Å². The van der Waals surface area contributed by atoms with Gasteiger partial charge < -0.3 is 10.3 Å². The van der Waals surface area contributed by atoms with Gasteiger partial charge >= 0.3 is 0 Å². The van der Waals surface area contributed by atoms with E-state index in [0.29, 0.717) is 23.4 Å². The van der Waals surface area contributed by atoms with Crippen LogP contribution >= 0.6 is 0 Å². The molecular weight excluding hydrogens is 378 g/mol. The summed E-state index contributed by atoms with van der Waals surface area (Å²) in [5.41, 5.74) is 10.9. The molecule has 1 aliphatic carbocycles. The molecule has 5 heterocycles. The van der Waals surface area contributed by atoms with Crippen LogP contribution in [0.2, 0.25) is 0 Å². The Morgan fingerprint density at radius 3 is 2.90 bits per heavy atom. The van der Waals surface area contributed by atoms with Crippen LogP contribution in [0.5, 0.6) is 0 Å². The normalized spacial score (nSPS) is 19.5. The van der Waals surface area contributed by atoms with Crippen molar-refractivity contribution in [3.05, 3.63) is 53.9 Å². The number of pyridine rings is 2. The number of hydrogen-bond donors (Lipinski definition) is 1. The van der Waals surface area contributed by atoms with E-state index in [2.05, 4.69) is 14.8 Å². The lowest BCUT2D eigenvalue weighted by atomic mass is 10.1. The maximum Gasteiger partial charge on any atom is 0.225 e. The molecule has 1 aliphatic heterocycles. The van der Waals surface area contributed by atoms with Crippen LogP contribution in [0, 0.1) is 6.92 Å². The van der Waals surface area contributed by atoms with Crippen LogP contribution in [-0.4, -0.2) is 35.0 Å². The van der Waals surface area contributed by atoms with Crippen LogP contribution in [0.3, 0.4) is 0 Å². The third kappa shape index (κ3) is 2.49. The number of nitrogens with two attached hydrogens (primary N) is 1. The van der Waals surface area contributed by atoms with E-state index in [4.69, 9.17) is 15.7 Å². The largest absolute Gasteiger partial charge is 0.369 e. The molecule has 6 rings (SSSR count). The van der Waals surface area contributed by atoms with Gasteiger partial charge in [-0.25, -0.2) is 4.98 Å². The van der Waals surface area contributed by atoms with Crippen LogP contribution < -0.4 is 5.73 Å². The van der Waals surface area contributed by atoms with Gasteiger partial charge in [-0.2, -0.15) is 0 Å². The summed E-state index contributed by atoms with van der Waals surface area (Å²) in [4.78, 5) is 21.3. The number of carbonyl (C=O) groups excluding carboxylic acids is 1. The predicted molar refractivity (Wildman–Crippen MR) is 111 cm³/mol. The van der Waals surface area contributed by atoms with Gasteiger partial charge in [-0.1, -0.05) is 6.07 Å². The lowest BCUT2D eigenvalue weighted by molar-refractivity contribution is -0.117. The highest BCUT2D eigenvalue weighted by Gasteiger charge is 2.41. The van der Waals surface area contributed by atoms with Gasteiger partial charge in [0.15, 0.2) is 5.65 Å². The molecule has 2 aliphatic rings. The molecule has 2 bridgehead atoms. The molecule has 0 aromatic carbocycles. The number of aromatic nitrogens is 6. The highest BCUT2D eigenvalue weighted by Crippen LogP contribution is 2.52. The Labute approximate surface area is 172 Å². The fourth-order valence-electron chi connectivity index (χ4n) is 5.02. The molecule has 2 atom stereocenters. The summed E-state index contributed by atoms with van der Waals surface area (Å²) >= 11 is 0. The minimum Gasteiger partial charge on any atom is -0.369 e. The minimum atomic E-state index is -0.429.